The standard InChI is InChI=1S/C14H20N2O3/c1-14(2,3)16-12(17)5-4-11(13(18)19)10-6-8-15-9-7-10/h6-9,11H,4-5H2,1-3H3,(H,16,17)(H,18,19). The van der Waals surface area contributed by atoms with Crippen LogP contribution in [0.4, 0.5) is 0 Å². The maximum absolute atomic E-state index is 11.7. The van der Waals surface area contributed by atoms with Gasteiger partial charge < -0.3 is 10.4 Å². The van der Waals surface area contributed by atoms with E-state index in [0.29, 0.717) is 5.56 Å². The Morgan fingerprint density at radius 3 is 2.37 bits per heavy atom. The Bertz CT molecular complexity index is 438. The van der Waals surface area contributed by atoms with Crippen LogP contribution in [-0.4, -0.2) is 27.5 Å². The third-order valence-electron chi connectivity index (χ3n) is 2.58. The van der Waals surface area contributed by atoms with E-state index >= 15 is 0 Å². The molecule has 0 aromatic carbocycles. The number of carboxylic acid groups (broad SMARTS) is 1. The quantitative estimate of drug-likeness (QED) is 0.851. The maximum atomic E-state index is 11.7. The van der Waals surface area contributed by atoms with Crippen LogP contribution in [0.15, 0.2) is 24.5 Å². The van der Waals surface area contributed by atoms with Gasteiger partial charge in [-0.15, -0.1) is 0 Å². The number of hydrogen-bond acceptors (Lipinski definition) is 3. The topological polar surface area (TPSA) is 79.3 Å². The van der Waals surface area contributed by atoms with Gasteiger partial charge in [-0.25, -0.2) is 0 Å². The molecule has 1 aromatic heterocycles. The lowest BCUT2D eigenvalue weighted by Crippen LogP contribution is -2.40. The average Bonchev–Trinajstić information content (AvgIpc) is 2.27. The Labute approximate surface area is 113 Å². The van der Waals surface area contributed by atoms with E-state index in [1.807, 2.05) is 20.8 Å². The van der Waals surface area contributed by atoms with Crippen LogP contribution in [0.2, 0.25) is 0 Å². The zero-order valence-electron chi connectivity index (χ0n) is 11.5. The molecule has 1 heterocycles. The minimum Gasteiger partial charge on any atom is -0.481 e. The molecule has 1 aromatic rings. The number of nitrogens with zero attached hydrogens (tertiary/aromatic N) is 1. The summed E-state index contributed by atoms with van der Waals surface area (Å²) in [4.78, 5) is 26.8. The molecule has 0 aliphatic heterocycles. The van der Waals surface area contributed by atoms with E-state index in [4.69, 9.17) is 0 Å². The Morgan fingerprint density at radius 1 is 1.32 bits per heavy atom. The highest BCUT2D eigenvalue weighted by Crippen LogP contribution is 2.21. The first-order valence-corrected chi connectivity index (χ1v) is 6.23. The Balaban J connectivity index is 2.62. The van der Waals surface area contributed by atoms with Crippen molar-refractivity contribution in [3.63, 3.8) is 0 Å². The molecule has 2 N–H and O–H groups in total. The third-order valence-corrected chi connectivity index (χ3v) is 2.58. The lowest BCUT2D eigenvalue weighted by Gasteiger charge is -2.21. The summed E-state index contributed by atoms with van der Waals surface area (Å²) in [6, 6.07) is 3.33. The first-order chi connectivity index (χ1) is 8.79. The van der Waals surface area contributed by atoms with E-state index in [0.717, 1.165) is 0 Å². The van der Waals surface area contributed by atoms with Gasteiger partial charge in [-0.3, -0.25) is 14.6 Å². The number of rotatable bonds is 5. The van der Waals surface area contributed by atoms with Gasteiger partial charge >= 0.3 is 5.97 Å². The summed E-state index contributed by atoms with van der Waals surface area (Å²) in [6.07, 6.45) is 3.58. The van der Waals surface area contributed by atoms with Crippen molar-refractivity contribution < 1.29 is 14.7 Å². The van der Waals surface area contributed by atoms with Crippen LogP contribution >= 0.6 is 0 Å². The van der Waals surface area contributed by atoms with Gasteiger partial charge in [-0.05, 0) is 44.9 Å². The van der Waals surface area contributed by atoms with Gasteiger partial charge in [-0.1, -0.05) is 0 Å². The van der Waals surface area contributed by atoms with Gasteiger partial charge in [0, 0.05) is 24.4 Å². The molecule has 1 atom stereocenters. The molecule has 19 heavy (non-hydrogen) atoms. The van der Waals surface area contributed by atoms with E-state index < -0.39 is 11.9 Å². The summed E-state index contributed by atoms with van der Waals surface area (Å²) in [5.41, 5.74) is 0.373. The second-order valence-corrected chi connectivity index (χ2v) is 5.51. The summed E-state index contributed by atoms with van der Waals surface area (Å²) < 4.78 is 0. The molecule has 0 saturated heterocycles. The summed E-state index contributed by atoms with van der Waals surface area (Å²) in [6.45, 7) is 5.67. The first kappa shape index (κ1) is 15.1. The Morgan fingerprint density at radius 2 is 1.89 bits per heavy atom. The number of carbonyl (C=O) groups excluding carboxylic acids is 1. The van der Waals surface area contributed by atoms with Crippen LogP contribution < -0.4 is 5.32 Å². The van der Waals surface area contributed by atoms with Crippen molar-refractivity contribution in [2.24, 2.45) is 0 Å². The molecule has 1 rings (SSSR count). The summed E-state index contributed by atoms with van der Waals surface area (Å²) in [7, 11) is 0. The average molecular weight is 264 g/mol. The van der Waals surface area contributed by atoms with Gasteiger partial charge in [0.15, 0.2) is 0 Å². The van der Waals surface area contributed by atoms with Crippen molar-refractivity contribution in [3.8, 4) is 0 Å². The molecule has 0 aliphatic carbocycles. The number of amides is 1. The van der Waals surface area contributed by atoms with Gasteiger partial charge in [0.1, 0.15) is 0 Å². The van der Waals surface area contributed by atoms with Gasteiger partial charge in [0.2, 0.25) is 5.91 Å². The zero-order chi connectivity index (χ0) is 14.5. The van der Waals surface area contributed by atoms with Gasteiger partial charge in [0.05, 0.1) is 5.92 Å². The van der Waals surface area contributed by atoms with Crippen molar-refractivity contribution in [2.75, 3.05) is 0 Å². The molecular formula is C14H20N2O3. The summed E-state index contributed by atoms with van der Waals surface area (Å²) in [5.74, 6) is -1.73. The Kier molecular flexibility index (Phi) is 5.03. The highest BCUT2D eigenvalue weighted by Gasteiger charge is 2.22. The number of hydrogen-bond donors (Lipinski definition) is 2. The van der Waals surface area contributed by atoms with Gasteiger partial charge in [0.25, 0.3) is 0 Å². The fourth-order valence-electron chi connectivity index (χ4n) is 1.78. The molecule has 104 valence electrons. The van der Waals surface area contributed by atoms with Crippen LogP contribution in [0.3, 0.4) is 0 Å². The highest BCUT2D eigenvalue weighted by atomic mass is 16.4. The number of pyridine rings is 1. The first-order valence-electron chi connectivity index (χ1n) is 6.23. The molecule has 1 amide bonds. The number of carbonyl (C=O) groups is 2. The van der Waals surface area contributed by atoms with E-state index in [1.54, 1.807) is 24.5 Å². The largest absolute Gasteiger partial charge is 0.481 e. The SMILES string of the molecule is CC(C)(C)NC(=O)CCC(C(=O)O)c1ccncc1. The Hall–Kier alpha value is -1.91. The van der Waals surface area contributed by atoms with Crippen LogP contribution in [-0.2, 0) is 9.59 Å². The predicted octanol–water partition coefficient (Wildman–Crippen LogP) is 1.94. The molecule has 5 nitrogen and oxygen atoms in total. The van der Waals surface area contributed by atoms with E-state index in [2.05, 4.69) is 10.3 Å². The molecule has 0 radical (unpaired) electrons. The molecule has 0 spiro atoms. The van der Waals surface area contributed by atoms with Crippen molar-refractivity contribution in [1.82, 2.24) is 10.3 Å². The summed E-state index contributed by atoms with van der Waals surface area (Å²) in [5, 5.41) is 12.0. The van der Waals surface area contributed by atoms with Crippen molar-refractivity contribution in [2.45, 2.75) is 45.1 Å². The second kappa shape index (κ2) is 6.31. The lowest BCUT2D eigenvalue weighted by atomic mass is 9.95. The molecule has 0 aliphatic rings. The maximum Gasteiger partial charge on any atom is 0.310 e. The minimum absolute atomic E-state index is 0.132. The van der Waals surface area contributed by atoms with Crippen LogP contribution in [0, 0.1) is 0 Å². The lowest BCUT2D eigenvalue weighted by molar-refractivity contribution is -0.139. The molecule has 1 unspecified atom stereocenters. The smallest absolute Gasteiger partial charge is 0.310 e. The van der Waals surface area contributed by atoms with E-state index in [-0.39, 0.29) is 24.3 Å². The molecule has 0 bridgehead atoms. The van der Waals surface area contributed by atoms with Crippen LogP contribution in [0.25, 0.3) is 0 Å². The highest BCUT2D eigenvalue weighted by molar-refractivity contribution is 5.79. The van der Waals surface area contributed by atoms with Crippen molar-refractivity contribution in [3.05, 3.63) is 30.1 Å². The van der Waals surface area contributed by atoms with Crippen molar-refractivity contribution in [1.29, 1.82) is 0 Å². The fraction of sp³-hybridized carbons (Fsp3) is 0.500. The normalized spacial score (nSPS) is 12.8. The van der Waals surface area contributed by atoms with Crippen LogP contribution in [0.5, 0.6) is 0 Å². The second-order valence-electron chi connectivity index (χ2n) is 5.51. The van der Waals surface area contributed by atoms with Gasteiger partial charge in [-0.2, -0.15) is 0 Å². The fourth-order valence-corrected chi connectivity index (χ4v) is 1.78. The minimum atomic E-state index is -0.922. The zero-order valence-corrected chi connectivity index (χ0v) is 11.5. The molecular weight excluding hydrogens is 244 g/mol. The predicted molar refractivity (Wildman–Crippen MR) is 71.7 cm³/mol. The number of carboxylic acids is 1. The number of aliphatic carboxylic acids is 1. The molecule has 0 fully saturated rings. The van der Waals surface area contributed by atoms with E-state index in [9.17, 15) is 14.7 Å². The molecule has 5 heteroatoms. The number of nitrogens with one attached hydrogen (secondary N) is 1. The van der Waals surface area contributed by atoms with Crippen molar-refractivity contribution >= 4 is 11.9 Å². The van der Waals surface area contributed by atoms with Crippen LogP contribution in [0.1, 0.15) is 45.1 Å². The number of aromatic nitrogens is 1. The third kappa shape index (κ3) is 5.50. The molecule has 0 saturated carbocycles. The monoisotopic (exact) mass is 264 g/mol. The van der Waals surface area contributed by atoms with E-state index in [1.165, 1.54) is 0 Å². The summed E-state index contributed by atoms with van der Waals surface area (Å²) >= 11 is 0.